The van der Waals surface area contributed by atoms with Crippen LogP contribution in [0.5, 0.6) is 0 Å². The third-order valence-electron chi connectivity index (χ3n) is 8.61. The van der Waals surface area contributed by atoms with Crippen molar-refractivity contribution in [2.24, 2.45) is 11.8 Å². The second-order valence-electron chi connectivity index (χ2n) is 11.0. The summed E-state index contributed by atoms with van der Waals surface area (Å²) in [6.45, 7) is 3.39. The minimum atomic E-state index is -1.42. The fraction of sp³-hybridized carbons (Fsp3) is 0.615. The van der Waals surface area contributed by atoms with Crippen molar-refractivity contribution in [3.05, 3.63) is 24.2 Å². The molecule has 3 aliphatic carbocycles. The molecule has 9 nitrogen and oxygen atoms in total. The number of hydrogen-bond donors (Lipinski definition) is 5. The van der Waals surface area contributed by atoms with Gasteiger partial charge in [-0.25, -0.2) is 9.97 Å². The smallest absolute Gasteiger partial charge is 0.225 e. The average Bonchev–Trinajstić information content (AvgIpc) is 3.20. The van der Waals surface area contributed by atoms with Gasteiger partial charge in [-0.15, -0.1) is 11.3 Å². The van der Waals surface area contributed by atoms with Crippen LogP contribution in [0.15, 0.2) is 18.5 Å². The van der Waals surface area contributed by atoms with Crippen LogP contribution in [0.25, 0.3) is 20.8 Å². The third-order valence-corrected chi connectivity index (χ3v) is 9.67. The summed E-state index contributed by atoms with van der Waals surface area (Å²) < 4.78 is 1.02. The van der Waals surface area contributed by atoms with E-state index >= 15 is 0 Å². The SMILES string of the molecule is Cc1nc(NC2(C3CCCC3)CC2)nc(N[C@@H]2C[C@H](CO)[C@@H](O)[C@@]2(C)O)c1-c1nc2cnccc2s1. The van der Waals surface area contributed by atoms with Crippen LogP contribution in [0, 0.1) is 18.8 Å². The lowest BCUT2D eigenvalue weighted by Gasteiger charge is -2.31. The molecule has 3 aromatic rings. The Morgan fingerprint density at radius 3 is 2.61 bits per heavy atom. The van der Waals surface area contributed by atoms with E-state index < -0.39 is 23.7 Å². The Morgan fingerprint density at radius 1 is 1.17 bits per heavy atom. The number of anilines is 2. The number of nitrogens with zero attached hydrogens (tertiary/aromatic N) is 4. The summed E-state index contributed by atoms with van der Waals surface area (Å²) in [5.41, 5.74) is 1.05. The molecule has 3 fully saturated rings. The molecule has 0 aromatic carbocycles. The number of aromatic nitrogens is 4. The lowest BCUT2D eigenvalue weighted by Crippen LogP contribution is -2.48. The van der Waals surface area contributed by atoms with Crippen molar-refractivity contribution < 1.29 is 15.3 Å². The van der Waals surface area contributed by atoms with Gasteiger partial charge in [0.1, 0.15) is 21.9 Å². The van der Waals surface area contributed by atoms with Crippen LogP contribution >= 0.6 is 11.3 Å². The molecule has 0 aliphatic heterocycles. The first-order valence-electron chi connectivity index (χ1n) is 13.0. The monoisotopic (exact) mass is 510 g/mol. The number of nitrogens with one attached hydrogen (secondary N) is 2. The van der Waals surface area contributed by atoms with Crippen molar-refractivity contribution in [2.45, 2.75) is 82.1 Å². The molecule has 0 radical (unpaired) electrons. The first kappa shape index (κ1) is 24.0. The fourth-order valence-corrected chi connectivity index (χ4v) is 7.28. The van der Waals surface area contributed by atoms with Crippen LogP contribution in [0.4, 0.5) is 11.8 Å². The molecule has 4 atom stereocenters. The van der Waals surface area contributed by atoms with Gasteiger partial charge < -0.3 is 26.0 Å². The van der Waals surface area contributed by atoms with Gasteiger partial charge in [0.05, 0.1) is 34.3 Å². The second-order valence-corrected chi connectivity index (χ2v) is 12.1. The number of aliphatic hydroxyl groups is 3. The molecular formula is C26H34N6O3S. The van der Waals surface area contributed by atoms with E-state index in [1.165, 1.54) is 25.7 Å². The Balaban J connectivity index is 1.40. The molecule has 3 heterocycles. The van der Waals surface area contributed by atoms with Crippen LogP contribution in [0.3, 0.4) is 0 Å². The lowest BCUT2D eigenvalue weighted by molar-refractivity contribution is -0.0647. The van der Waals surface area contributed by atoms with E-state index in [0.717, 1.165) is 39.3 Å². The molecule has 0 bridgehead atoms. The zero-order chi connectivity index (χ0) is 25.1. The van der Waals surface area contributed by atoms with E-state index in [-0.39, 0.29) is 12.1 Å². The largest absolute Gasteiger partial charge is 0.396 e. The predicted molar refractivity (Wildman–Crippen MR) is 140 cm³/mol. The van der Waals surface area contributed by atoms with Crippen molar-refractivity contribution in [2.75, 3.05) is 17.2 Å². The highest BCUT2D eigenvalue weighted by Gasteiger charge is 2.52. The first-order valence-corrected chi connectivity index (χ1v) is 13.8. The summed E-state index contributed by atoms with van der Waals surface area (Å²) in [6.07, 6.45) is 10.2. The molecule has 3 aromatic heterocycles. The van der Waals surface area contributed by atoms with E-state index in [2.05, 4.69) is 15.6 Å². The zero-order valence-electron chi connectivity index (χ0n) is 20.7. The highest BCUT2D eigenvalue weighted by molar-refractivity contribution is 7.21. The molecule has 10 heteroatoms. The minimum Gasteiger partial charge on any atom is -0.396 e. The van der Waals surface area contributed by atoms with Gasteiger partial charge in [0.25, 0.3) is 0 Å². The Morgan fingerprint density at radius 2 is 1.94 bits per heavy atom. The highest BCUT2D eigenvalue weighted by atomic mass is 32.1. The van der Waals surface area contributed by atoms with E-state index in [1.807, 2.05) is 13.0 Å². The zero-order valence-corrected chi connectivity index (χ0v) is 21.6. The number of thiazole rings is 1. The van der Waals surface area contributed by atoms with E-state index in [4.69, 9.17) is 15.0 Å². The number of pyridine rings is 1. The number of fused-ring (bicyclic) bond motifs is 1. The summed E-state index contributed by atoms with van der Waals surface area (Å²) in [4.78, 5) is 18.8. The Kier molecular flexibility index (Phi) is 5.90. The van der Waals surface area contributed by atoms with Crippen LogP contribution < -0.4 is 10.6 Å². The van der Waals surface area contributed by atoms with Gasteiger partial charge in [0, 0.05) is 24.3 Å². The summed E-state index contributed by atoms with van der Waals surface area (Å²) in [5, 5.41) is 39.4. The standard InChI is InChI=1S/C26H34N6O3S/c1-14-20(23-29-17-12-27-10-7-18(17)36-23)22(30-19-11-15(13-33)21(34)25(19,2)35)31-24(28-14)32-26(8-9-26)16-5-3-4-6-16/h7,10,12,15-16,19,21,33-35H,3-6,8-9,11,13H2,1-2H3,(H2,28,30,31,32)/t15-,19-,21-,25+/m1/s1. The molecule has 6 rings (SSSR count). The van der Waals surface area contributed by atoms with Gasteiger partial charge in [-0.3, -0.25) is 4.98 Å². The summed E-state index contributed by atoms with van der Waals surface area (Å²) in [5.74, 6) is 1.41. The Labute approximate surface area is 214 Å². The van der Waals surface area contributed by atoms with Crippen LogP contribution in [0.1, 0.15) is 57.6 Å². The van der Waals surface area contributed by atoms with Crippen molar-refractivity contribution in [1.82, 2.24) is 19.9 Å². The van der Waals surface area contributed by atoms with E-state index in [0.29, 0.717) is 24.1 Å². The minimum absolute atomic E-state index is 0.0836. The van der Waals surface area contributed by atoms with Crippen molar-refractivity contribution in [1.29, 1.82) is 0 Å². The highest BCUT2D eigenvalue weighted by Crippen LogP contribution is 2.51. The predicted octanol–water partition coefficient (Wildman–Crippen LogP) is 3.50. The number of hydrogen-bond acceptors (Lipinski definition) is 10. The van der Waals surface area contributed by atoms with Crippen molar-refractivity contribution in [3.8, 4) is 10.6 Å². The molecule has 0 amide bonds. The summed E-state index contributed by atoms with van der Waals surface area (Å²) in [7, 11) is 0. The van der Waals surface area contributed by atoms with Gasteiger partial charge in [-0.05, 0) is 57.9 Å². The van der Waals surface area contributed by atoms with Crippen molar-refractivity contribution in [3.63, 3.8) is 0 Å². The first-order chi connectivity index (χ1) is 17.3. The Bertz CT molecular complexity index is 1240. The molecule has 0 saturated heterocycles. The van der Waals surface area contributed by atoms with Gasteiger partial charge >= 0.3 is 0 Å². The molecule has 3 aliphatic rings. The third kappa shape index (κ3) is 4.04. The molecule has 0 unspecified atom stereocenters. The molecule has 5 N–H and O–H groups in total. The van der Waals surface area contributed by atoms with Gasteiger partial charge in [-0.1, -0.05) is 12.8 Å². The van der Waals surface area contributed by atoms with Gasteiger partial charge in [0.15, 0.2) is 0 Å². The fourth-order valence-electron chi connectivity index (χ4n) is 6.25. The molecular weight excluding hydrogens is 476 g/mol. The van der Waals surface area contributed by atoms with Crippen molar-refractivity contribution >= 4 is 33.3 Å². The van der Waals surface area contributed by atoms with Crippen LogP contribution in [0.2, 0.25) is 0 Å². The number of rotatable bonds is 7. The molecule has 3 saturated carbocycles. The van der Waals surface area contributed by atoms with E-state index in [1.54, 1.807) is 30.7 Å². The number of aryl methyl sites for hydroxylation is 1. The number of aliphatic hydroxyl groups excluding tert-OH is 2. The lowest BCUT2D eigenvalue weighted by atomic mass is 9.96. The molecule has 0 spiro atoms. The summed E-state index contributed by atoms with van der Waals surface area (Å²) in [6, 6.07) is 1.45. The average molecular weight is 511 g/mol. The maximum Gasteiger partial charge on any atom is 0.225 e. The summed E-state index contributed by atoms with van der Waals surface area (Å²) >= 11 is 1.55. The molecule has 36 heavy (non-hydrogen) atoms. The van der Waals surface area contributed by atoms with Gasteiger partial charge in [0.2, 0.25) is 5.95 Å². The topological polar surface area (TPSA) is 136 Å². The van der Waals surface area contributed by atoms with Gasteiger partial charge in [-0.2, -0.15) is 4.98 Å². The normalized spacial score (nSPS) is 29.6. The second kappa shape index (κ2) is 8.86. The maximum absolute atomic E-state index is 11.1. The van der Waals surface area contributed by atoms with Crippen LogP contribution in [-0.2, 0) is 0 Å². The molecule has 192 valence electrons. The maximum atomic E-state index is 11.1. The van der Waals surface area contributed by atoms with Crippen LogP contribution in [-0.4, -0.2) is 65.1 Å². The quantitative estimate of drug-likeness (QED) is 0.323. The Hall–Kier alpha value is -2.40. The van der Waals surface area contributed by atoms with E-state index in [9.17, 15) is 15.3 Å².